The van der Waals surface area contributed by atoms with E-state index in [0.29, 0.717) is 11.8 Å². The molecule has 4 heteroatoms. The van der Waals surface area contributed by atoms with Crippen molar-refractivity contribution in [1.29, 1.82) is 0 Å². The summed E-state index contributed by atoms with van der Waals surface area (Å²) in [6, 6.07) is 13.2. The van der Waals surface area contributed by atoms with Crippen molar-refractivity contribution in [2.45, 2.75) is 18.4 Å². The fraction of sp³-hybridized carbons (Fsp3) is 0.250. The van der Waals surface area contributed by atoms with Crippen LogP contribution in [0.2, 0.25) is 0 Å². The van der Waals surface area contributed by atoms with E-state index in [2.05, 4.69) is 23.5 Å². The number of carbonyl (C=O) groups excluding carboxylic acids is 1. The number of allylic oxidation sites excluding steroid dienone is 2. The van der Waals surface area contributed by atoms with Gasteiger partial charge in [0.2, 0.25) is 0 Å². The van der Waals surface area contributed by atoms with Crippen LogP contribution in [-0.2, 0) is 0 Å². The Kier molecular flexibility index (Phi) is 3.53. The van der Waals surface area contributed by atoms with Crippen molar-refractivity contribution < 1.29 is 14.6 Å². The highest BCUT2D eigenvalue weighted by Crippen LogP contribution is 2.52. The molecule has 2 aromatic carbocycles. The smallest absolute Gasteiger partial charge is 0.142 e. The molecule has 3 atom stereocenters. The van der Waals surface area contributed by atoms with Crippen LogP contribution in [0.3, 0.4) is 0 Å². The number of hydrogen-bond donors (Lipinski definition) is 1. The van der Waals surface area contributed by atoms with Gasteiger partial charge in [-0.15, -0.1) is 0 Å². The highest BCUT2D eigenvalue weighted by Gasteiger charge is 2.38. The summed E-state index contributed by atoms with van der Waals surface area (Å²) in [7, 11) is 1.68. The Balaban J connectivity index is 1.76. The summed E-state index contributed by atoms with van der Waals surface area (Å²) in [6.45, 7) is 0. The van der Waals surface area contributed by atoms with Crippen LogP contribution < -0.4 is 15.2 Å². The standard InChI is InChI=1S/C20H19NO3/c1-24-17-7-3-6-16-14-4-2-5-15(14)18(21-19(16)17)12-8-10-13(11-9-12)20(22)23/h2-4,6-11,14-15,18,21H,5H2,1H3,(H,22,23)/p-1/t14-,15+,18+/m0/s1. The van der Waals surface area contributed by atoms with E-state index >= 15 is 0 Å². The highest BCUT2D eigenvalue weighted by molar-refractivity contribution is 5.85. The first kappa shape index (κ1) is 14.8. The molecule has 1 N–H and O–H groups in total. The summed E-state index contributed by atoms with van der Waals surface area (Å²) in [6.07, 6.45) is 5.50. The van der Waals surface area contributed by atoms with Gasteiger partial charge in [0.25, 0.3) is 0 Å². The van der Waals surface area contributed by atoms with Crippen LogP contribution in [0.15, 0.2) is 54.6 Å². The van der Waals surface area contributed by atoms with Crippen LogP contribution >= 0.6 is 0 Å². The van der Waals surface area contributed by atoms with E-state index in [1.165, 1.54) is 5.56 Å². The van der Waals surface area contributed by atoms with Crippen molar-refractivity contribution in [3.63, 3.8) is 0 Å². The van der Waals surface area contributed by atoms with Gasteiger partial charge in [-0.2, -0.15) is 0 Å². The molecule has 0 aromatic heterocycles. The van der Waals surface area contributed by atoms with Gasteiger partial charge in [-0.3, -0.25) is 0 Å². The SMILES string of the molecule is COc1cccc2c1N[C@H](c1ccc(C(=O)[O-])cc1)[C@@H]1CC=C[C@H]21. The Morgan fingerprint density at radius 2 is 2.00 bits per heavy atom. The average Bonchev–Trinajstić information content (AvgIpc) is 3.10. The predicted octanol–water partition coefficient (Wildman–Crippen LogP) is 2.89. The number of carboxylic acids is 1. The largest absolute Gasteiger partial charge is 0.545 e. The molecule has 0 saturated carbocycles. The van der Waals surface area contributed by atoms with Crippen molar-refractivity contribution in [2.24, 2.45) is 5.92 Å². The molecule has 0 saturated heterocycles. The number of aromatic carboxylic acids is 1. The lowest BCUT2D eigenvalue weighted by molar-refractivity contribution is -0.255. The second-order valence-corrected chi connectivity index (χ2v) is 6.31. The lowest BCUT2D eigenvalue weighted by Crippen LogP contribution is -2.29. The fourth-order valence-electron chi connectivity index (χ4n) is 3.92. The second-order valence-electron chi connectivity index (χ2n) is 6.31. The Morgan fingerprint density at radius 3 is 2.71 bits per heavy atom. The summed E-state index contributed by atoms with van der Waals surface area (Å²) in [4.78, 5) is 11.0. The maximum atomic E-state index is 11.0. The Morgan fingerprint density at radius 1 is 1.21 bits per heavy atom. The molecule has 2 aromatic rings. The number of rotatable bonds is 3. The zero-order valence-corrected chi connectivity index (χ0v) is 13.4. The maximum absolute atomic E-state index is 11.0. The van der Waals surface area contributed by atoms with E-state index in [1.807, 2.05) is 24.3 Å². The number of nitrogens with one attached hydrogen (secondary N) is 1. The van der Waals surface area contributed by atoms with Crippen molar-refractivity contribution in [3.05, 3.63) is 71.3 Å². The molecule has 1 aliphatic carbocycles. The van der Waals surface area contributed by atoms with Gasteiger partial charge in [0, 0.05) is 5.92 Å². The second kappa shape index (κ2) is 5.71. The van der Waals surface area contributed by atoms with E-state index < -0.39 is 5.97 Å². The van der Waals surface area contributed by atoms with E-state index in [9.17, 15) is 9.90 Å². The number of para-hydroxylation sites is 1. The molecule has 2 aliphatic rings. The minimum atomic E-state index is -1.15. The van der Waals surface area contributed by atoms with Crippen molar-refractivity contribution >= 4 is 11.7 Å². The van der Waals surface area contributed by atoms with Crippen LogP contribution in [-0.4, -0.2) is 13.1 Å². The summed E-state index contributed by atoms with van der Waals surface area (Å²) < 4.78 is 5.52. The van der Waals surface area contributed by atoms with Crippen LogP contribution in [0.1, 0.15) is 39.9 Å². The lowest BCUT2D eigenvalue weighted by atomic mass is 9.77. The molecule has 0 bridgehead atoms. The molecule has 1 aliphatic heterocycles. The summed E-state index contributed by atoms with van der Waals surface area (Å²) in [5.74, 6) is 0.453. The van der Waals surface area contributed by atoms with Crippen LogP contribution in [0.5, 0.6) is 5.75 Å². The van der Waals surface area contributed by atoms with E-state index in [1.54, 1.807) is 19.2 Å². The van der Waals surface area contributed by atoms with Gasteiger partial charge in [-0.05, 0) is 35.1 Å². The predicted molar refractivity (Wildman–Crippen MR) is 90.1 cm³/mol. The maximum Gasteiger partial charge on any atom is 0.142 e. The third-order valence-electron chi connectivity index (χ3n) is 5.08. The van der Waals surface area contributed by atoms with Gasteiger partial charge in [0.05, 0.1) is 24.8 Å². The fourth-order valence-corrected chi connectivity index (χ4v) is 3.92. The molecule has 4 nitrogen and oxygen atoms in total. The Bertz CT molecular complexity index is 810. The first-order valence-corrected chi connectivity index (χ1v) is 8.10. The van der Waals surface area contributed by atoms with Crippen LogP contribution in [0.4, 0.5) is 5.69 Å². The van der Waals surface area contributed by atoms with Crippen LogP contribution in [0, 0.1) is 5.92 Å². The lowest BCUT2D eigenvalue weighted by Gasteiger charge is -2.38. The van der Waals surface area contributed by atoms with E-state index in [0.717, 1.165) is 23.4 Å². The minimum absolute atomic E-state index is 0.115. The van der Waals surface area contributed by atoms with Gasteiger partial charge < -0.3 is 20.0 Å². The van der Waals surface area contributed by atoms with E-state index in [4.69, 9.17) is 4.74 Å². The summed E-state index contributed by atoms with van der Waals surface area (Å²) in [5.41, 5.74) is 3.57. The van der Waals surface area contributed by atoms with Gasteiger partial charge in [-0.1, -0.05) is 48.6 Å². The Labute approximate surface area is 140 Å². The minimum Gasteiger partial charge on any atom is -0.545 e. The summed E-state index contributed by atoms with van der Waals surface area (Å²) in [5, 5.41) is 14.6. The molecule has 4 rings (SSSR count). The van der Waals surface area contributed by atoms with Gasteiger partial charge >= 0.3 is 0 Å². The normalized spacial score (nSPS) is 24.0. The third kappa shape index (κ3) is 2.26. The Hall–Kier alpha value is -2.75. The number of ether oxygens (including phenoxy) is 1. The topological polar surface area (TPSA) is 61.4 Å². The van der Waals surface area contributed by atoms with Gasteiger partial charge in [-0.25, -0.2) is 0 Å². The quantitative estimate of drug-likeness (QED) is 0.883. The van der Waals surface area contributed by atoms with Crippen LogP contribution in [0.25, 0.3) is 0 Å². The van der Waals surface area contributed by atoms with Crippen molar-refractivity contribution in [1.82, 2.24) is 0 Å². The zero-order chi connectivity index (χ0) is 16.7. The molecule has 0 unspecified atom stereocenters. The van der Waals surface area contributed by atoms with Gasteiger partial charge in [0.15, 0.2) is 0 Å². The zero-order valence-electron chi connectivity index (χ0n) is 13.4. The summed E-state index contributed by atoms with van der Waals surface area (Å²) >= 11 is 0. The molecule has 0 fully saturated rings. The molecule has 0 spiro atoms. The first-order chi connectivity index (χ1) is 11.7. The first-order valence-electron chi connectivity index (χ1n) is 8.10. The molecular weight excluding hydrogens is 302 g/mol. The number of carbonyl (C=O) groups is 1. The molecule has 24 heavy (non-hydrogen) atoms. The molecular formula is C20H18NO3-. The number of methoxy groups -OCH3 is 1. The number of anilines is 1. The number of hydrogen-bond acceptors (Lipinski definition) is 4. The van der Waals surface area contributed by atoms with Crippen molar-refractivity contribution in [3.8, 4) is 5.75 Å². The molecule has 0 amide bonds. The van der Waals surface area contributed by atoms with Gasteiger partial charge in [0.1, 0.15) is 5.75 Å². The molecule has 0 radical (unpaired) electrons. The molecule has 1 heterocycles. The number of fused-ring (bicyclic) bond motifs is 3. The van der Waals surface area contributed by atoms with E-state index in [-0.39, 0.29) is 11.6 Å². The monoisotopic (exact) mass is 320 g/mol. The number of benzene rings is 2. The third-order valence-corrected chi connectivity index (χ3v) is 5.08. The highest BCUT2D eigenvalue weighted by atomic mass is 16.5. The number of carboxylic acid groups (broad SMARTS) is 1. The van der Waals surface area contributed by atoms with Crippen molar-refractivity contribution in [2.75, 3.05) is 12.4 Å². The molecule has 122 valence electrons. The average molecular weight is 320 g/mol.